The summed E-state index contributed by atoms with van der Waals surface area (Å²) >= 11 is 0. The molecule has 0 atom stereocenters. The number of hydrogen-bond donors (Lipinski definition) is 2. The molecule has 136 valence electrons. The lowest BCUT2D eigenvalue weighted by molar-refractivity contribution is -0.115. The van der Waals surface area contributed by atoms with Gasteiger partial charge in [-0.1, -0.05) is 36.4 Å². The Kier molecular flexibility index (Phi) is 5.61. The Morgan fingerprint density at radius 2 is 1.67 bits per heavy atom. The minimum Gasteiger partial charge on any atom is -0.325 e. The number of hydrogen-bond acceptors (Lipinski definition) is 2. The molecule has 0 spiro atoms. The van der Waals surface area contributed by atoms with Crippen LogP contribution in [0.5, 0.6) is 0 Å². The van der Waals surface area contributed by atoms with Crippen LogP contribution in [-0.2, 0) is 11.2 Å². The van der Waals surface area contributed by atoms with E-state index in [0.29, 0.717) is 22.5 Å². The van der Waals surface area contributed by atoms with Crippen molar-refractivity contribution in [1.29, 1.82) is 0 Å². The van der Waals surface area contributed by atoms with Crippen molar-refractivity contribution in [3.8, 4) is 0 Å². The Labute approximate surface area is 157 Å². The van der Waals surface area contributed by atoms with Crippen molar-refractivity contribution in [2.75, 3.05) is 10.6 Å². The first-order valence-electron chi connectivity index (χ1n) is 8.52. The lowest BCUT2D eigenvalue weighted by Crippen LogP contribution is -2.19. The normalized spacial score (nSPS) is 10.3. The molecule has 0 saturated carbocycles. The zero-order valence-corrected chi connectivity index (χ0v) is 14.8. The maximum atomic E-state index is 13.3. The van der Waals surface area contributed by atoms with Crippen LogP contribution in [0.2, 0.25) is 0 Å². The summed E-state index contributed by atoms with van der Waals surface area (Å²) < 4.78 is 13.3. The van der Waals surface area contributed by atoms with E-state index >= 15 is 0 Å². The first-order chi connectivity index (χ1) is 13.0. The molecule has 0 bridgehead atoms. The van der Waals surface area contributed by atoms with E-state index in [2.05, 4.69) is 10.6 Å². The second-order valence-corrected chi connectivity index (χ2v) is 6.22. The van der Waals surface area contributed by atoms with Gasteiger partial charge < -0.3 is 10.6 Å². The van der Waals surface area contributed by atoms with Crippen LogP contribution in [0, 0.1) is 12.7 Å². The fraction of sp³-hybridized carbons (Fsp3) is 0.0909. The van der Waals surface area contributed by atoms with Crippen LogP contribution in [0.4, 0.5) is 15.8 Å². The van der Waals surface area contributed by atoms with Gasteiger partial charge in [-0.2, -0.15) is 0 Å². The van der Waals surface area contributed by atoms with Gasteiger partial charge >= 0.3 is 0 Å². The Balaban J connectivity index is 1.73. The predicted molar refractivity (Wildman–Crippen MR) is 104 cm³/mol. The van der Waals surface area contributed by atoms with Gasteiger partial charge in [0.2, 0.25) is 5.91 Å². The van der Waals surface area contributed by atoms with Crippen LogP contribution in [0.15, 0.2) is 72.8 Å². The molecule has 0 radical (unpaired) electrons. The third-order valence-electron chi connectivity index (χ3n) is 3.98. The maximum absolute atomic E-state index is 13.3. The van der Waals surface area contributed by atoms with E-state index < -0.39 is 5.82 Å². The van der Waals surface area contributed by atoms with Crippen LogP contribution in [0.25, 0.3) is 0 Å². The summed E-state index contributed by atoms with van der Waals surface area (Å²) in [7, 11) is 0. The number of anilines is 2. The average molecular weight is 362 g/mol. The van der Waals surface area contributed by atoms with Gasteiger partial charge in [0.15, 0.2) is 0 Å². The van der Waals surface area contributed by atoms with Gasteiger partial charge in [0, 0.05) is 5.69 Å². The molecule has 0 aliphatic rings. The SMILES string of the molecule is Cc1cccc(NC(=O)c2ccccc2NC(=O)Cc2cccc(F)c2)c1. The summed E-state index contributed by atoms with van der Waals surface area (Å²) in [5.74, 6) is -1.03. The smallest absolute Gasteiger partial charge is 0.257 e. The first-order valence-corrected chi connectivity index (χ1v) is 8.52. The van der Waals surface area contributed by atoms with E-state index in [1.165, 1.54) is 12.1 Å². The van der Waals surface area contributed by atoms with Crippen LogP contribution in [0.3, 0.4) is 0 Å². The highest BCUT2D eigenvalue weighted by Crippen LogP contribution is 2.18. The summed E-state index contributed by atoms with van der Waals surface area (Å²) in [6, 6.07) is 20.1. The minimum absolute atomic E-state index is 0.0194. The number of carbonyl (C=O) groups is 2. The van der Waals surface area contributed by atoms with Gasteiger partial charge in [0.1, 0.15) is 5.82 Å². The Hall–Kier alpha value is -3.47. The number of benzene rings is 3. The summed E-state index contributed by atoms with van der Waals surface area (Å²) in [6.07, 6.45) is 0.0194. The topological polar surface area (TPSA) is 58.2 Å². The van der Waals surface area contributed by atoms with Crippen molar-refractivity contribution in [2.24, 2.45) is 0 Å². The van der Waals surface area contributed by atoms with E-state index in [9.17, 15) is 14.0 Å². The lowest BCUT2D eigenvalue weighted by atomic mass is 10.1. The highest BCUT2D eigenvalue weighted by Gasteiger charge is 2.14. The van der Waals surface area contributed by atoms with Gasteiger partial charge in [-0.15, -0.1) is 0 Å². The minimum atomic E-state index is -0.391. The number of carbonyl (C=O) groups excluding carboxylic acids is 2. The van der Waals surface area contributed by atoms with Crippen LogP contribution in [-0.4, -0.2) is 11.8 Å². The molecule has 0 saturated heterocycles. The average Bonchev–Trinajstić information content (AvgIpc) is 2.62. The van der Waals surface area contributed by atoms with Crippen LogP contribution in [0.1, 0.15) is 21.5 Å². The van der Waals surface area contributed by atoms with E-state index in [1.807, 2.05) is 25.1 Å². The van der Waals surface area contributed by atoms with E-state index in [0.717, 1.165) is 5.56 Å². The van der Waals surface area contributed by atoms with Crippen LogP contribution >= 0.6 is 0 Å². The summed E-state index contributed by atoms with van der Waals surface area (Å²) in [5.41, 5.74) is 3.04. The zero-order chi connectivity index (χ0) is 19.2. The molecular weight excluding hydrogens is 343 g/mol. The molecule has 27 heavy (non-hydrogen) atoms. The van der Waals surface area contributed by atoms with Gasteiger partial charge in [-0.25, -0.2) is 4.39 Å². The monoisotopic (exact) mass is 362 g/mol. The van der Waals surface area contributed by atoms with Crippen molar-refractivity contribution < 1.29 is 14.0 Å². The summed E-state index contributed by atoms with van der Waals surface area (Å²) in [5, 5.41) is 5.56. The third kappa shape index (κ3) is 5.01. The first kappa shape index (κ1) is 18.3. The highest BCUT2D eigenvalue weighted by molar-refractivity contribution is 6.10. The molecule has 3 rings (SSSR count). The Morgan fingerprint density at radius 1 is 0.889 bits per heavy atom. The van der Waals surface area contributed by atoms with Gasteiger partial charge in [0.25, 0.3) is 5.91 Å². The van der Waals surface area contributed by atoms with Gasteiger partial charge in [0.05, 0.1) is 17.7 Å². The van der Waals surface area contributed by atoms with Crippen molar-refractivity contribution >= 4 is 23.2 Å². The van der Waals surface area contributed by atoms with Crippen molar-refractivity contribution in [3.05, 3.63) is 95.3 Å². The van der Waals surface area contributed by atoms with Crippen molar-refractivity contribution in [1.82, 2.24) is 0 Å². The molecule has 0 aliphatic heterocycles. The molecule has 5 heteroatoms. The largest absolute Gasteiger partial charge is 0.325 e. The summed E-state index contributed by atoms with van der Waals surface area (Å²) in [4.78, 5) is 24.9. The Bertz CT molecular complexity index is 985. The maximum Gasteiger partial charge on any atom is 0.257 e. The Morgan fingerprint density at radius 3 is 2.44 bits per heavy atom. The van der Waals surface area contributed by atoms with E-state index in [1.54, 1.807) is 42.5 Å². The van der Waals surface area contributed by atoms with Crippen molar-refractivity contribution in [2.45, 2.75) is 13.3 Å². The van der Waals surface area contributed by atoms with Gasteiger partial charge in [-0.05, 0) is 54.4 Å². The number of para-hydroxylation sites is 1. The highest BCUT2D eigenvalue weighted by atomic mass is 19.1. The van der Waals surface area contributed by atoms with E-state index in [4.69, 9.17) is 0 Å². The number of rotatable bonds is 5. The second kappa shape index (κ2) is 8.27. The molecule has 3 aromatic carbocycles. The fourth-order valence-corrected chi connectivity index (χ4v) is 2.74. The van der Waals surface area contributed by atoms with Crippen LogP contribution < -0.4 is 10.6 Å². The molecule has 0 unspecified atom stereocenters. The van der Waals surface area contributed by atoms with Gasteiger partial charge in [-0.3, -0.25) is 9.59 Å². The molecule has 0 aromatic heterocycles. The molecule has 0 aliphatic carbocycles. The molecule has 0 heterocycles. The number of halogens is 1. The second-order valence-electron chi connectivity index (χ2n) is 6.22. The number of aryl methyl sites for hydroxylation is 1. The third-order valence-corrected chi connectivity index (χ3v) is 3.98. The molecule has 0 fully saturated rings. The molecule has 3 aromatic rings. The standard InChI is InChI=1S/C22H19FN2O2/c1-15-6-4-9-18(12-15)24-22(27)19-10-2-3-11-20(19)25-21(26)14-16-7-5-8-17(23)13-16/h2-13H,14H2,1H3,(H,24,27)(H,25,26). The molecule has 2 amide bonds. The molecule has 2 N–H and O–H groups in total. The fourth-order valence-electron chi connectivity index (χ4n) is 2.74. The summed E-state index contributed by atoms with van der Waals surface area (Å²) in [6.45, 7) is 1.94. The number of amides is 2. The predicted octanol–water partition coefficient (Wildman–Crippen LogP) is 4.57. The molecule has 4 nitrogen and oxygen atoms in total. The number of nitrogens with one attached hydrogen (secondary N) is 2. The zero-order valence-electron chi connectivity index (χ0n) is 14.8. The molecular formula is C22H19FN2O2. The quantitative estimate of drug-likeness (QED) is 0.699. The lowest BCUT2D eigenvalue weighted by Gasteiger charge is -2.12. The van der Waals surface area contributed by atoms with E-state index in [-0.39, 0.29) is 18.2 Å². The van der Waals surface area contributed by atoms with Crippen molar-refractivity contribution in [3.63, 3.8) is 0 Å².